The highest BCUT2D eigenvalue weighted by atomic mass is 35.5. The summed E-state index contributed by atoms with van der Waals surface area (Å²) in [7, 11) is 0. The molecule has 1 aromatic rings. The number of rotatable bonds is 5. The maximum absolute atomic E-state index is 12.9. The highest BCUT2D eigenvalue weighted by Crippen LogP contribution is 2.39. The first-order valence-electron chi connectivity index (χ1n) is 8.42. The minimum atomic E-state index is -1.36. The molecule has 0 radical (unpaired) electrons. The molecule has 1 aromatic carbocycles. The van der Waals surface area contributed by atoms with Crippen molar-refractivity contribution in [2.75, 3.05) is 6.54 Å². The maximum atomic E-state index is 12.9. The lowest BCUT2D eigenvalue weighted by Gasteiger charge is -2.25. The zero-order valence-electron chi connectivity index (χ0n) is 14.8. The van der Waals surface area contributed by atoms with Gasteiger partial charge in [-0.25, -0.2) is 4.79 Å². The monoisotopic (exact) mass is 408 g/mol. The number of carbonyl (C=O) groups is 3. The van der Waals surface area contributed by atoms with Crippen LogP contribution in [-0.2, 0) is 15.1 Å². The Morgan fingerprint density at radius 2 is 2.07 bits per heavy atom. The van der Waals surface area contributed by atoms with Crippen LogP contribution < -0.4 is 10.6 Å². The number of urea groups is 1. The highest BCUT2D eigenvalue weighted by Gasteiger charge is 2.50. The summed E-state index contributed by atoms with van der Waals surface area (Å²) in [6.45, 7) is 2.72. The third-order valence-corrected chi connectivity index (χ3v) is 5.84. The number of nitrogens with one attached hydrogen (secondary N) is 2. The molecule has 9 heteroatoms. The molecule has 2 unspecified atom stereocenters. The van der Waals surface area contributed by atoms with Crippen LogP contribution in [0.5, 0.6) is 0 Å². The van der Waals surface area contributed by atoms with E-state index in [1.54, 1.807) is 13.0 Å². The lowest BCUT2D eigenvalue weighted by atomic mass is 9.92. The number of halogens is 2. The largest absolute Gasteiger partial charge is 0.336 e. The fourth-order valence-corrected chi connectivity index (χ4v) is 3.50. The number of nitriles is 1. The van der Waals surface area contributed by atoms with Gasteiger partial charge in [-0.05, 0) is 50.3 Å². The predicted octanol–water partition coefficient (Wildman–Crippen LogP) is 2.57. The van der Waals surface area contributed by atoms with Gasteiger partial charge < -0.3 is 10.6 Å². The lowest BCUT2D eigenvalue weighted by molar-refractivity contribution is -0.135. The van der Waals surface area contributed by atoms with E-state index >= 15 is 0 Å². The molecular weight excluding hydrogens is 391 g/mol. The van der Waals surface area contributed by atoms with Crippen LogP contribution in [0.25, 0.3) is 0 Å². The standard InChI is InChI=1S/C18H18Cl2N4O3/c1-17(9-21,10-3-4-10)22-14(25)8-24-15(26)18(2,23-16(24)27)11-5-6-12(19)13(20)7-11/h5-7,10H,3-4,8H2,1-2H3,(H,22,25)(H,23,27). The average molecular weight is 409 g/mol. The average Bonchev–Trinajstić information content (AvgIpc) is 3.43. The maximum Gasteiger partial charge on any atom is 0.325 e. The molecule has 2 N–H and O–H groups in total. The van der Waals surface area contributed by atoms with Crippen LogP contribution >= 0.6 is 23.2 Å². The van der Waals surface area contributed by atoms with Gasteiger partial charge >= 0.3 is 6.03 Å². The van der Waals surface area contributed by atoms with E-state index in [9.17, 15) is 19.6 Å². The van der Waals surface area contributed by atoms with Crippen molar-refractivity contribution < 1.29 is 14.4 Å². The van der Waals surface area contributed by atoms with E-state index in [1.807, 2.05) is 0 Å². The third-order valence-electron chi connectivity index (χ3n) is 5.10. The van der Waals surface area contributed by atoms with Crippen molar-refractivity contribution in [2.24, 2.45) is 5.92 Å². The molecule has 27 heavy (non-hydrogen) atoms. The molecule has 7 nitrogen and oxygen atoms in total. The summed E-state index contributed by atoms with van der Waals surface area (Å²) >= 11 is 11.9. The van der Waals surface area contributed by atoms with E-state index in [4.69, 9.17) is 23.2 Å². The quantitative estimate of drug-likeness (QED) is 0.730. The topological polar surface area (TPSA) is 102 Å². The van der Waals surface area contributed by atoms with Gasteiger partial charge in [0.25, 0.3) is 5.91 Å². The molecule has 1 saturated heterocycles. The van der Waals surface area contributed by atoms with Gasteiger partial charge in [-0.3, -0.25) is 14.5 Å². The molecule has 2 fully saturated rings. The molecule has 1 aliphatic carbocycles. The molecule has 142 valence electrons. The predicted molar refractivity (Wildman–Crippen MR) is 98.9 cm³/mol. The first kappa shape index (κ1) is 19.5. The van der Waals surface area contributed by atoms with E-state index in [1.165, 1.54) is 19.1 Å². The number of hydrogen-bond donors (Lipinski definition) is 2. The van der Waals surface area contributed by atoms with Gasteiger partial charge in [0.15, 0.2) is 0 Å². The van der Waals surface area contributed by atoms with Gasteiger partial charge in [0.1, 0.15) is 17.6 Å². The Kier molecular flexibility index (Phi) is 4.83. The molecule has 2 atom stereocenters. The van der Waals surface area contributed by atoms with Crippen molar-refractivity contribution in [2.45, 2.75) is 37.8 Å². The molecule has 4 amide bonds. The van der Waals surface area contributed by atoms with Crippen LogP contribution in [-0.4, -0.2) is 34.8 Å². The minimum Gasteiger partial charge on any atom is -0.336 e. The van der Waals surface area contributed by atoms with Crippen LogP contribution in [0.15, 0.2) is 18.2 Å². The summed E-state index contributed by atoms with van der Waals surface area (Å²) in [4.78, 5) is 38.4. The molecule has 2 aliphatic rings. The molecular formula is C18H18Cl2N4O3. The Morgan fingerprint density at radius 3 is 2.63 bits per heavy atom. The molecule has 1 aliphatic heterocycles. The smallest absolute Gasteiger partial charge is 0.325 e. The Hall–Kier alpha value is -2.30. The second-order valence-electron chi connectivity index (χ2n) is 7.21. The van der Waals surface area contributed by atoms with E-state index in [0.717, 1.165) is 17.7 Å². The van der Waals surface area contributed by atoms with E-state index in [2.05, 4.69) is 16.7 Å². The fraction of sp³-hybridized carbons (Fsp3) is 0.444. The number of hydrogen-bond acceptors (Lipinski definition) is 4. The highest BCUT2D eigenvalue weighted by molar-refractivity contribution is 6.42. The van der Waals surface area contributed by atoms with Gasteiger partial charge in [0, 0.05) is 0 Å². The Balaban J connectivity index is 1.77. The van der Waals surface area contributed by atoms with Crippen molar-refractivity contribution in [1.82, 2.24) is 15.5 Å². The van der Waals surface area contributed by atoms with Crippen LogP contribution in [0.2, 0.25) is 10.0 Å². The Bertz CT molecular complexity index is 880. The zero-order valence-corrected chi connectivity index (χ0v) is 16.3. The molecule has 1 saturated carbocycles. The van der Waals surface area contributed by atoms with Crippen LogP contribution in [0.4, 0.5) is 4.79 Å². The van der Waals surface area contributed by atoms with E-state index in [0.29, 0.717) is 10.6 Å². The van der Waals surface area contributed by atoms with E-state index in [-0.39, 0.29) is 10.9 Å². The van der Waals surface area contributed by atoms with Crippen LogP contribution in [0.1, 0.15) is 32.3 Å². The summed E-state index contributed by atoms with van der Waals surface area (Å²) < 4.78 is 0. The van der Waals surface area contributed by atoms with Gasteiger partial charge in [-0.15, -0.1) is 0 Å². The lowest BCUT2D eigenvalue weighted by Crippen LogP contribution is -2.51. The summed E-state index contributed by atoms with van der Waals surface area (Å²) in [5.41, 5.74) is -1.90. The van der Waals surface area contributed by atoms with Gasteiger partial charge in [-0.1, -0.05) is 29.3 Å². The van der Waals surface area contributed by atoms with Crippen LogP contribution in [0, 0.1) is 17.2 Å². The number of amides is 4. The number of benzene rings is 1. The Labute approximate surface area is 166 Å². The van der Waals surface area contributed by atoms with Gasteiger partial charge in [0.05, 0.1) is 16.1 Å². The second-order valence-corrected chi connectivity index (χ2v) is 8.03. The van der Waals surface area contributed by atoms with Crippen molar-refractivity contribution in [1.29, 1.82) is 5.26 Å². The zero-order chi connectivity index (χ0) is 20.0. The Morgan fingerprint density at radius 1 is 1.41 bits per heavy atom. The van der Waals surface area contributed by atoms with Gasteiger partial charge in [0.2, 0.25) is 5.91 Å². The van der Waals surface area contributed by atoms with Crippen molar-refractivity contribution >= 4 is 41.0 Å². The first-order valence-corrected chi connectivity index (χ1v) is 9.18. The number of imide groups is 1. The van der Waals surface area contributed by atoms with Crippen LogP contribution in [0.3, 0.4) is 0 Å². The molecule has 0 bridgehead atoms. The van der Waals surface area contributed by atoms with Gasteiger partial charge in [-0.2, -0.15) is 5.26 Å². The summed E-state index contributed by atoms with van der Waals surface area (Å²) in [5.74, 6) is -1.05. The van der Waals surface area contributed by atoms with Crippen molar-refractivity contribution in [3.63, 3.8) is 0 Å². The SMILES string of the molecule is CC1(c2ccc(Cl)c(Cl)c2)NC(=O)N(CC(=O)NC(C)(C#N)C2CC2)C1=O. The van der Waals surface area contributed by atoms with Crippen molar-refractivity contribution in [3.8, 4) is 6.07 Å². The minimum absolute atomic E-state index is 0.0935. The summed E-state index contributed by atoms with van der Waals surface area (Å²) in [6, 6.07) is 6.06. The molecule has 0 spiro atoms. The summed E-state index contributed by atoms with van der Waals surface area (Å²) in [5, 5.41) is 15.2. The normalized spacial score (nSPS) is 24.2. The molecule has 3 rings (SSSR count). The van der Waals surface area contributed by atoms with E-state index < -0.39 is 35.5 Å². The first-order chi connectivity index (χ1) is 12.6. The summed E-state index contributed by atoms with van der Waals surface area (Å²) in [6.07, 6.45) is 1.73. The fourth-order valence-electron chi connectivity index (χ4n) is 3.20. The molecule has 0 aromatic heterocycles. The molecule has 1 heterocycles. The van der Waals surface area contributed by atoms with Crippen molar-refractivity contribution in [3.05, 3.63) is 33.8 Å². The number of nitrogens with zero attached hydrogens (tertiary/aromatic N) is 2. The number of carbonyl (C=O) groups excluding carboxylic acids is 3. The second kappa shape index (κ2) is 6.70. The third kappa shape index (κ3) is 3.47.